The number of hydrogen-bond acceptors (Lipinski definition) is 6. The highest BCUT2D eigenvalue weighted by Gasteiger charge is 2.29. The van der Waals surface area contributed by atoms with Gasteiger partial charge >= 0.3 is 0 Å². The number of benzene rings is 1. The number of carbonyl (C=O) groups is 4. The van der Waals surface area contributed by atoms with Gasteiger partial charge in [0.2, 0.25) is 11.7 Å². The number of hydrogen-bond donors (Lipinski definition) is 0. The minimum absolute atomic E-state index is 0.0200. The van der Waals surface area contributed by atoms with Crippen LogP contribution in [0.25, 0.3) is 0 Å². The van der Waals surface area contributed by atoms with Crippen molar-refractivity contribution in [1.29, 1.82) is 0 Å². The van der Waals surface area contributed by atoms with Crippen LogP contribution in [0.3, 0.4) is 0 Å². The van der Waals surface area contributed by atoms with Crippen LogP contribution in [-0.2, 0) is 14.4 Å². The molecule has 1 amide bonds. The largest absolute Gasteiger partial charge is 0.292 e. The maximum absolute atomic E-state index is 13.0. The van der Waals surface area contributed by atoms with Crippen LogP contribution in [0.15, 0.2) is 33.9 Å². The van der Waals surface area contributed by atoms with Gasteiger partial charge in [-0.3, -0.25) is 24.2 Å². The van der Waals surface area contributed by atoms with Gasteiger partial charge in [-0.2, -0.15) is 5.10 Å². The first-order chi connectivity index (χ1) is 13.6. The highest BCUT2D eigenvalue weighted by Crippen LogP contribution is 2.30. The molecule has 0 aromatic heterocycles. The molecule has 2 heterocycles. The molecule has 1 aromatic carbocycles. The number of Topliss-reactive ketones (excluding diaryl/α,β-unsaturated/α-hetero) is 3. The van der Waals surface area contributed by atoms with Crippen molar-refractivity contribution in [3.8, 4) is 0 Å². The Kier molecular flexibility index (Phi) is 5.82. The van der Waals surface area contributed by atoms with Crippen molar-refractivity contribution in [3.05, 3.63) is 45.0 Å². The molecule has 0 aliphatic carbocycles. The summed E-state index contributed by atoms with van der Waals surface area (Å²) in [7, 11) is 1.44. The molecule has 0 saturated carbocycles. The summed E-state index contributed by atoms with van der Waals surface area (Å²) in [6, 6.07) is 2.81. The van der Waals surface area contributed by atoms with Crippen LogP contribution >= 0.6 is 23.2 Å². The van der Waals surface area contributed by atoms with Crippen LogP contribution in [0.5, 0.6) is 0 Å². The van der Waals surface area contributed by atoms with Gasteiger partial charge in [0.05, 0.1) is 22.0 Å². The lowest BCUT2D eigenvalue weighted by Gasteiger charge is -2.19. The molecule has 0 N–H and O–H groups in total. The molecule has 3 rings (SSSR count). The van der Waals surface area contributed by atoms with Gasteiger partial charge in [0, 0.05) is 18.2 Å². The van der Waals surface area contributed by atoms with Crippen LogP contribution in [0.1, 0.15) is 36.2 Å². The van der Waals surface area contributed by atoms with Crippen molar-refractivity contribution in [2.45, 2.75) is 20.3 Å². The Morgan fingerprint density at radius 3 is 2.31 bits per heavy atom. The Hall–Kier alpha value is -2.64. The average Bonchev–Trinajstić information content (AvgIpc) is 2.64. The Bertz CT molecular complexity index is 1030. The zero-order valence-electron chi connectivity index (χ0n) is 16.0. The Balaban J connectivity index is 2.00. The number of rotatable bonds is 4. The summed E-state index contributed by atoms with van der Waals surface area (Å²) in [6.07, 6.45) is 1.16. The first-order valence-corrected chi connectivity index (χ1v) is 9.57. The van der Waals surface area contributed by atoms with Crippen molar-refractivity contribution in [2.75, 3.05) is 13.6 Å². The number of allylic oxidation sites excluding steroid dienone is 1. The van der Waals surface area contributed by atoms with E-state index >= 15 is 0 Å². The Morgan fingerprint density at radius 2 is 1.72 bits per heavy atom. The number of nitrogens with zero attached hydrogens (tertiary/aromatic N) is 3. The zero-order valence-corrected chi connectivity index (χ0v) is 17.5. The van der Waals surface area contributed by atoms with Crippen LogP contribution < -0.4 is 0 Å². The molecule has 150 valence electrons. The molecular formula is C20H17Cl2N3O4. The van der Waals surface area contributed by atoms with E-state index in [0.717, 1.165) is 5.01 Å². The van der Waals surface area contributed by atoms with Crippen LogP contribution in [0.2, 0.25) is 10.0 Å². The second kappa shape index (κ2) is 8.00. The predicted molar refractivity (Wildman–Crippen MR) is 110 cm³/mol. The molecule has 0 spiro atoms. The summed E-state index contributed by atoms with van der Waals surface area (Å²) >= 11 is 12.6. The molecular weight excluding hydrogens is 417 g/mol. The molecule has 0 atom stereocenters. The number of aliphatic imine (C=N–C) groups is 1. The first kappa shape index (κ1) is 21.1. The third-order valence-corrected chi connectivity index (χ3v) is 5.19. The minimum atomic E-state index is -0.513. The Morgan fingerprint density at radius 1 is 1.10 bits per heavy atom. The van der Waals surface area contributed by atoms with Gasteiger partial charge in [0.25, 0.3) is 0 Å². The highest BCUT2D eigenvalue weighted by molar-refractivity contribution is 6.56. The molecule has 0 bridgehead atoms. The lowest BCUT2D eigenvalue weighted by Crippen LogP contribution is -2.35. The van der Waals surface area contributed by atoms with Gasteiger partial charge in [-0.05, 0) is 24.1 Å². The minimum Gasteiger partial charge on any atom is -0.292 e. The van der Waals surface area contributed by atoms with Crippen molar-refractivity contribution >= 4 is 57.9 Å². The second-order valence-electron chi connectivity index (χ2n) is 6.99. The molecule has 9 heteroatoms. The Labute approximate surface area is 177 Å². The third-order valence-electron chi connectivity index (χ3n) is 4.59. The van der Waals surface area contributed by atoms with E-state index in [0.29, 0.717) is 11.1 Å². The van der Waals surface area contributed by atoms with Crippen molar-refractivity contribution < 1.29 is 19.2 Å². The monoisotopic (exact) mass is 433 g/mol. The number of carbonyl (C=O) groups excluding carboxylic acids is 4. The quantitative estimate of drug-likeness (QED) is 0.538. The van der Waals surface area contributed by atoms with Crippen LogP contribution in [-0.4, -0.2) is 53.3 Å². The summed E-state index contributed by atoms with van der Waals surface area (Å²) in [5.41, 5.74) is 0.985. The number of dihydropyridines is 1. The van der Waals surface area contributed by atoms with E-state index in [9.17, 15) is 19.2 Å². The van der Waals surface area contributed by atoms with Crippen molar-refractivity contribution in [3.63, 3.8) is 0 Å². The van der Waals surface area contributed by atoms with Gasteiger partial charge in [-0.1, -0.05) is 37.0 Å². The van der Waals surface area contributed by atoms with E-state index in [4.69, 9.17) is 23.2 Å². The summed E-state index contributed by atoms with van der Waals surface area (Å²) in [5, 5.41) is 5.09. The van der Waals surface area contributed by atoms with Gasteiger partial charge in [0.15, 0.2) is 11.6 Å². The SMILES string of the molecule is CC(C)C1=CC(C(=O)c2c(Cl)cc(C3=NN(C)C(=O)CC3=O)cc2Cl)=NCC1=O. The fourth-order valence-corrected chi connectivity index (χ4v) is 3.68. The van der Waals surface area contributed by atoms with Crippen molar-refractivity contribution in [1.82, 2.24) is 5.01 Å². The number of ketones is 3. The number of halogens is 2. The van der Waals surface area contributed by atoms with Gasteiger partial charge in [0.1, 0.15) is 18.0 Å². The fraction of sp³-hybridized carbons (Fsp3) is 0.300. The van der Waals surface area contributed by atoms with Gasteiger partial charge in [-0.15, -0.1) is 0 Å². The van der Waals surface area contributed by atoms with E-state index in [1.54, 1.807) is 0 Å². The highest BCUT2D eigenvalue weighted by atomic mass is 35.5. The van der Waals surface area contributed by atoms with Crippen LogP contribution in [0, 0.1) is 5.92 Å². The molecule has 0 unspecified atom stereocenters. The molecule has 2 aliphatic heterocycles. The first-order valence-electron chi connectivity index (χ1n) is 8.81. The smallest absolute Gasteiger partial charge is 0.250 e. The predicted octanol–water partition coefficient (Wildman–Crippen LogP) is 2.92. The maximum atomic E-state index is 13.0. The van der Waals surface area contributed by atoms with Gasteiger partial charge < -0.3 is 0 Å². The number of amides is 1. The second-order valence-corrected chi connectivity index (χ2v) is 7.80. The molecule has 0 saturated heterocycles. The molecule has 29 heavy (non-hydrogen) atoms. The normalized spacial score (nSPS) is 17.4. The van der Waals surface area contributed by atoms with E-state index in [2.05, 4.69) is 10.1 Å². The summed E-state index contributed by atoms with van der Waals surface area (Å²) < 4.78 is 0. The van der Waals surface area contributed by atoms with E-state index < -0.39 is 17.5 Å². The topological polar surface area (TPSA) is 96.2 Å². The lowest BCUT2D eigenvalue weighted by molar-refractivity contribution is -0.134. The molecule has 7 nitrogen and oxygen atoms in total. The van der Waals surface area contributed by atoms with Crippen molar-refractivity contribution in [2.24, 2.45) is 16.0 Å². The summed E-state index contributed by atoms with van der Waals surface area (Å²) in [6.45, 7) is 3.61. The molecule has 0 radical (unpaired) electrons. The van der Waals surface area contributed by atoms with Gasteiger partial charge in [-0.25, -0.2) is 5.01 Å². The molecule has 2 aliphatic rings. The third kappa shape index (κ3) is 4.06. The standard InChI is InChI=1S/C20H17Cl2N3O4/c1-9(2)11-6-14(23-8-16(11)27)20(29)18-12(21)4-10(5-13(18)22)19-15(26)7-17(28)25(3)24-19/h4-6,9H,7-8H2,1-3H3. The van der Waals surface area contributed by atoms with E-state index in [1.807, 2.05) is 13.8 Å². The van der Waals surface area contributed by atoms with Crippen LogP contribution in [0.4, 0.5) is 0 Å². The zero-order chi connectivity index (χ0) is 21.5. The lowest BCUT2D eigenvalue weighted by atomic mass is 9.92. The van der Waals surface area contributed by atoms with E-state index in [-0.39, 0.29) is 51.7 Å². The summed E-state index contributed by atoms with van der Waals surface area (Å²) in [4.78, 5) is 52.7. The maximum Gasteiger partial charge on any atom is 0.250 e. The molecule has 1 aromatic rings. The average molecular weight is 434 g/mol. The molecule has 0 fully saturated rings. The number of hydrazone groups is 1. The fourth-order valence-electron chi connectivity index (χ4n) is 3.02. The van der Waals surface area contributed by atoms with E-state index in [1.165, 1.54) is 25.3 Å². The summed E-state index contributed by atoms with van der Waals surface area (Å²) in [5.74, 6) is -1.57.